The molecule has 2 aromatic carbocycles. The first-order valence-electron chi connectivity index (χ1n) is 8.94. The molecule has 0 aliphatic heterocycles. The number of hydrogen-bond acceptors (Lipinski definition) is 5. The standard InChI is InChI=1S/C22H16FN3O3/c1-2-29-15-6-3-13(4-7-15)20-11-25-21(12-24-20)19-10-17(22(27)28)16-9-14(23)5-8-18(16)26-19/h3-12H,2H2,1H3,(H,27,28). The maximum absolute atomic E-state index is 13.5. The quantitative estimate of drug-likeness (QED) is 0.537. The molecule has 4 aromatic rings. The molecule has 29 heavy (non-hydrogen) atoms. The molecule has 1 N–H and O–H groups in total. The molecule has 0 saturated carbocycles. The summed E-state index contributed by atoms with van der Waals surface area (Å²) in [7, 11) is 0. The SMILES string of the molecule is CCOc1ccc(-c2cnc(-c3cc(C(=O)O)c4cc(F)ccc4n3)cn2)cc1. The van der Waals surface area contributed by atoms with Crippen LogP contribution in [-0.2, 0) is 0 Å². The van der Waals surface area contributed by atoms with Gasteiger partial charge in [-0.25, -0.2) is 14.2 Å². The summed E-state index contributed by atoms with van der Waals surface area (Å²) in [4.78, 5) is 24.8. The summed E-state index contributed by atoms with van der Waals surface area (Å²) in [5.74, 6) is -0.906. The van der Waals surface area contributed by atoms with E-state index < -0.39 is 11.8 Å². The zero-order chi connectivity index (χ0) is 20.4. The highest BCUT2D eigenvalue weighted by Gasteiger charge is 2.15. The first-order chi connectivity index (χ1) is 14.0. The number of aromatic carboxylic acids is 1. The summed E-state index contributed by atoms with van der Waals surface area (Å²) in [6, 6.07) is 12.7. The summed E-state index contributed by atoms with van der Waals surface area (Å²) in [5.41, 5.74) is 2.65. The van der Waals surface area contributed by atoms with Crippen LogP contribution in [0.3, 0.4) is 0 Å². The van der Waals surface area contributed by atoms with Crippen LogP contribution >= 0.6 is 0 Å². The van der Waals surface area contributed by atoms with Crippen LogP contribution in [-0.4, -0.2) is 32.6 Å². The largest absolute Gasteiger partial charge is 0.494 e. The Morgan fingerprint density at radius 3 is 2.38 bits per heavy atom. The van der Waals surface area contributed by atoms with Crippen molar-refractivity contribution >= 4 is 16.9 Å². The number of aromatic nitrogens is 3. The molecule has 0 saturated heterocycles. The first kappa shape index (κ1) is 18.5. The van der Waals surface area contributed by atoms with Crippen molar-refractivity contribution in [3.63, 3.8) is 0 Å². The number of halogens is 1. The molecule has 0 atom stereocenters. The number of carboxylic acids is 1. The van der Waals surface area contributed by atoms with Crippen molar-refractivity contribution in [3.8, 4) is 28.4 Å². The molecule has 4 rings (SSSR count). The minimum absolute atomic E-state index is 0.0399. The minimum Gasteiger partial charge on any atom is -0.494 e. The number of rotatable bonds is 5. The molecule has 0 unspecified atom stereocenters. The minimum atomic E-state index is -1.16. The molecular weight excluding hydrogens is 373 g/mol. The van der Waals surface area contributed by atoms with Gasteiger partial charge < -0.3 is 9.84 Å². The lowest BCUT2D eigenvalue weighted by Gasteiger charge is -2.08. The van der Waals surface area contributed by atoms with Gasteiger partial charge in [-0.3, -0.25) is 9.97 Å². The van der Waals surface area contributed by atoms with Crippen molar-refractivity contribution in [2.45, 2.75) is 6.92 Å². The highest BCUT2D eigenvalue weighted by molar-refractivity contribution is 6.03. The van der Waals surface area contributed by atoms with E-state index in [1.165, 1.54) is 24.4 Å². The summed E-state index contributed by atoms with van der Waals surface area (Å²) in [6.07, 6.45) is 3.14. The smallest absolute Gasteiger partial charge is 0.336 e. The van der Waals surface area contributed by atoms with Crippen LogP contribution in [0.4, 0.5) is 4.39 Å². The third-order valence-electron chi connectivity index (χ3n) is 4.38. The van der Waals surface area contributed by atoms with Crippen LogP contribution in [0, 0.1) is 5.82 Å². The Balaban J connectivity index is 1.71. The highest BCUT2D eigenvalue weighted by Crippen LogP contribution is 2.26. The number of fused-ring (bicyclic) bond motifs is 1. The predicted molar refractivity (Wildman–Crippen MR) is 106 cm³/mol. The van der Waals surface area contributed by atoms with Gasteiger partial charge in [0.2, 0.25) is 0 Å². The Morgan fingerprint density at radius 1 is 1.00 bits per heavy atom. The molecule has 6 nitrogen and oxygen atoms in total. The Bertz CT molecular complexity index is 1190. The summed E-state index contributed by atoms with van der Waals surface area (Å²) >= 11 is 0. The lowest BCUT2D eigenvalue weighted by Crippen LogP contribution is -2.01. The van der Waals surface area contributed by atoms with Gasteiger partial charge in [-0.2, -0.15) is 0 Å². The van der Waals surface area contributed by atoms with E-state index in [0.29, 0.717) is 29.2 Å². The van der Waals surface area contributed by atoms with Gasteiger partial charge in [0.25, 0.3) is 0 Å². The van der Waals surface area contributed by atoms with Crippen molar-refractivity contribution in [3.05, 3.63) is 72.3 Å². The van der Waals surface area contributed by atoms with Gasteiger partial charge >= 0.3 is 5.97 Å². The van der Waals surface area contributed by atoms with Crippen molar-refractivity contribution < 1.29 is 19.0 Å². The van der Waals surface area contributed by atoms with Gasteiger partial charge in [0.1, 0.15) is 17.3 Å². The van der Waals surface area contributed by atoms with Crippen molar-refractivity contribution in [1.29, 1.82) is 0 Å². The van der Waals surface area contributed by atoms with Crippen molar-refractivity contribution in [1.82, 2.24) is 15.0 Å². The van der Waals surface area contributed by atoms with Crippen LogP contribution in [0.5, 0.6) is 5.75 Å². The van der Waals surface area contributed by atoms with Crippen molar-refractivity contribution in [2.75, 3.05) is 6.61 Å². The lowest BCUT2D eigenvalue weighted by molar-refractivity contribution is 0.0699. The van der Waals surface area contributed by atoms with E-state index in [9.17, 15) is 14.3 Å². The molecule has 0 amide bonds. The fourth-order valence-electron chi connectivity index (χ4n) is 3.00. The van der Waals surface area contributed by atoms with Crippen LogP contribution in [0.15, 0.2) is 60.9 Å². The average molecular weight is 389 g/mol. The summed E-state index contributed by atoms with van der Waals surface area (Å²) in [5, 5.41) is 9.74. The first-order valence-corrected chi connectivity index (χ1v) is 8.94. The number of carboxylic acid groups (broad SMARTS) is 1. The van der Waals surface area contributed by atoms with E-state index in [0.717, 1.165) is 17.4 Å². The van der Waals surface area contributed by atoms with Crippen LogP contribution < -0.4 is 4.74 Å². The van der Waals surface area contributed by atoms with Gasteiger partial charge in [0.15, 0.2) is 0 Å². The summed E-state index contributed by atoms with van der Waals surface area (Å²) < 4.78 is 19.0. The van der Waals surface area contributed by atoms with E-state index in [1.807, 2.05) is 31.2 Å². The third-order valence-corrected chi connectivity index (χ3v) is 4.38. The van der Waals surface area contributed by atoms with Gasteiger partial charge in [-0.15, -0.1) is 0 Å². The van der Waals surface area contributed by atoms with E-state index >= 15 is 0 Å². The molecule has 7 heteroatoms. The Labute approximate surface area is 165 Å². The lowest BCUT2D eigenvalue weighted by atomic mass is 10.1. The molecule has 0 radical (unpaired) electrons. The Hall–Kier alpha value is -3.87. The number of benzene rings is 2. The molecule has 2 heterocycles. The molecule has 144 valence electrons. The highest BCUT2D eigenvalue weighted by atomic mass is 19.1. The van der Waals surface area contributed by atoms with Crippen LogP contribution in [0.25, 0.3) is 33.5 Å². The van der Waals surface area contributed by atoms with Gasteiger partial charge in [-0.1, -0.05) is 0 Å². The van der Waals surface area contributed by atoms with E-state index in [1.54, 1.807) is 6.20 Å². The number of ether oxygens (including phenoxy) is 1. The average Bonchev–Trinajstić information content (AvgIpc) is 2.74. The molecule has 0 aliphatic rings. The van der Waals surface area contributed by atoms with E-state index in [4.69, 9.17) is 4.74 Å². The number of pyridine rings is 1. The maximum Gasteiger partial charge on any atom is 0.336 e. The number of nitrogens with zero attached hydrogens (tertiary/aromatic N) is 3. The number of carbonyl (C=O) groups is 1. The third kappa shape index (κ3) is 3.75. The predicted octanol–water partition coefficient (Wildman–Crippen LogP) is 4.59. The second-order valence-electron chi connectivity index (χ2n) is 6.27. The van der Waals surface area contributed by atoms with Gasteiger partial charge in [-0.05, 0) is 55.5 Å². The second kappa shape index (κ2) is 7.63. The molecule has 0 spiro atoms. The molecule has 0 fully saturated rings. The monoisotopic (exact) mass is 389 g/mol. The zero-order valence-corrected chi connectivity index (χ0v) is 15.5. The fraction of sp³-hybridized carbons (Fsp3) is 0.0909. The topological polar surface area (TPSA) is 85.2 Å². The zero-order valence-electron chi connectivity index (χ0n) is 15.5. The van der Waals surface area contributed by atoms with E-state index in [2.05, 4.69) is 15.0 Å². The van der Waals surface area contributed by atoms with Crippen LogP contribution in [0.2, 0.25) is 0 Å². The Kier molecular flexibility index (Phi) is 4.87. The molecule has 0 aliphatic carbocycles. The fourth-order valence-corrected chi connectivity index (χ4v) is 3.00. The normalized spacial score (nSPS) is 10.8. The number of hydrogen-bond donors (Lipinski definition) is 1. The van der Waals surface area contributed by atoms with E-state index in [-0.39, 0.29) is 10.9 Å². The van der Waals surface area contributed by atoms with Crippen LogP contribution in [0.1, 0.15) is 17.3 Å². The Morgan fingerprint density at radius 2 is 1.72 bits per heavy atom. The summed E-state index contributed by atoms with van der Waals surface area (Å²) in [6.45, 7) is 2.52. The van der Waals surface area contributed by atoms with Crippen molar-refractivity contribution in [2.24, 2.45) is 0 Å². The van der Waals surface area contributed by atoms with Gasteiger partial charge in [0.05, 0.1) is 41.5 Å². The molecule has 2 aromatic heterocycles. The van der Waals surface area contributed by atoms with Gasteiger partial charge in [0, 0.05) is 10.9 Å². The maximum atomic E-state index is 13.5. The molecular formula is C22H16FN3O3. The second-order valence-corrected chi connectivity index (χ2v) is 6.27. The molecule has 0 bridgehead atoms.